The van der Waals surface area contributed by atoms with E-state index in [1.807, 2.05) is 43.3 Å². The summed E-state index contributed by atoms with van der Waals surface area (Å²) in [6.45, 7) is 3.33. The number of Topliss-reactive ketones (excluding diaryl/α,β-unsaturated/α-hetero) is 1. The molecule has 0 aliphatic carbocycles. The Bertz CT molecular complexity index is 836. The van der Waals surface area contributed by atoms with Crippen molar-refractivity contribution in [1.82, 2.24) is 5.32 Å². The molecule has 5 heteroatoms. The second kappa shape index (κ2) is 8.46. The van der Waals surface area contributed by atoms with Crippen molar-refractivity contribution < 1.29 is 9.59 Å². The molecule has 0 saturated heterocycles. The van der Waals surface area contributed by atoms with Crippen LogP contribution in [0.5, 0.6) is 0 Å². The van der Waals surface area contributed by atoms with Crippen LogP contribution in [-0.4, -0.2) is 11.7 Å². The molecule has 5 nitrogen and oxygen atoms in total. The average molecular weight is 333 g/mol. The molecule has 2 aromatic rings. The number of rotatable bonds is 6. The van der Waals surface area contributed by atoms with Gasteiger partial charge in [0.15, 0.2) is 5.78 Å². The number of amides is 1. The largest absolute Gasteiger partial charge is 0.360 e. The van der Waals surface area contributed by atoms with Crippen molar-refractivity contribution in [1.29, 1.82) is 5.26 Å². The van der Waals surface area contributed by atoms with Crippen LogP contribution in [0.4, 0.5) is 5.69 Å². The van der Waals surface area contributed by atoms with Crippen LogP contribution in [0.2, 0.25) is 0 Å². The number of benzene rings is 2. The fraction of sp³-hybridized carbons (Fsp3) is 0.150. The monoisotopic (exact) mass is 333 g/mol. The third kappa shape index (κ3) is 5.05. The maximum Gasteiger partial charge on any atom is 0.263 e. The fourth-order valence-electron chi connectivity index (χ4n) is 2.23. The molecule has 0 saturated carbocycles. The standard InChI is InChI=1S/C20H19N3O2/c1-14(16-7-4-3-5-8-16)23-20(25)18(12-21)13-22-19-10-6-9-17(11-19)15(2)24/h3-11,13-14,22H,1-2H3,(H,23,25)/b18-13-. The molecule has 0 aromatic heterocycles. The van der Waals surface area contributed by atoms with Crippen LogP contribution in [0.15, 0.2) is 66.4 Å². The lowest BCUT2D eigenvalue weighted by Gasteiger charge is -2.13. The summed E-state index contributed by atoms with van der Waals surface area (Å²) in [6.07, 6.45) is 1.34. The van der Waals surface area contributed by atoms with Gasteiger partial charge in [-0.1, -0.05) is 42.5 Å². The van der Waals surface area contributed by atoms with E-state index in [0.29, 0.717) is 11.3 Å². The van der Waals surface area contributed by atoms with Gasteiger partial charge in [-0.3, -0.25) is 9.59 Å². The van der Waals surface area contributed by atoms with Gasteiger partial charge in [0.05, 0.1) is 6.04 Å². The van der Waals surface area contributed by atoms with Crippen LogP contribution in [0.25, 0.3) is 0 Å². The predicted octanol–water partition coefficient (Wildman–Crippen LogP) is 3.59. The van der Waals surface area contributed by atoms with Gasteiger partial charge in [0.1, 0.15) is 11.6 Å². The summed E-state index contributed by atoms with van der Waals surface area (Å²) in [6, 6.07) is 18.0. The third-order valence-corrected chi connectivity index (χ3v) is 3.66. The van der Waals surface area contributed by atoms with E-state index in [-0.39, 0.29) is 17.4 Å². The normalized spacial score (nSPS) is 12.0. The lowest BCUT2D eigenvalue weighted by molar-refractivity contribution is -0.117. The highest BCUT2D eigenvalue weighted by Crippen LogP contribution is 2.13. The molecule has 1 atom stereocenters. The molecule has 0 aliphatic rings. The molecule has 2 rings (SSSR count). The molecule has 25 heavy (non-hydrogen) atoms. The average Bonchev–Trinajstić information content (AvgIpc) is 2.63. The zero-order chi connectivity index (χ0) is 18.2. The van der Waals surface area contributed by atoms with Crippen LogP contribution in [0.3, 0.4) is 0 Å². The van der Waals surface area contributed by atoms with Crippen LogP contribution in [0, 0.1) is 11.3 Å². The van der Waals surface area contributed by atoms with E-state index in [9.17, 15) is 14.9 Å². The van der Waals surface area contributed by atoms with E-state index in [2.05, 4.69) is 10.6 Å². The van der Waals surface area contributed by atoms with Gasteiger partial charge in [-0.15, -0.1) is 0 Å². The van der Waals surface area contributed by atoms with Crippen molar-refractivity contribution in [3.05, 3.63) is 77.5 Å². The Morgan fingerprint density at radius 2 is 1.84 bits per heavy atom. The van der Waals surface area contributed by atoms with Crippen molar-refractivity contribution in [2.24, 2.45) is 0 Å². The second-order valence-corrected chi connectivity index (χ2v) is 5.56. The van der Waals surface area contributed by atoms with Gasteiger partial charge in [-0.05, 0) is 31.5 Å². The molecule has 2 aromatic carbocycles. The van der Waals surface area contributed by atoms with Crippen molar-refractivity contribution in [2.75, 3.05) is 5.32 Å². The third-order valence-electron chi connectivity index (χ3n) is 3.66. The Kier molecular flexibility index (Phi) is 6.08. The SMILES string of the molecule is CC(=O)c1cccc(N/C=C(/C#N)C(=O)NC(C)c2ccccc2)c1. The first-order chi connectivity index (χ1) is 12.0. The van der Waals surface area contributed by atoms with E-state index in [1.165, 1.54) is 13.1 Å². The summed E-state index contributed by atoms with van der Waals surface area (Å²) in [5, 5.41) is 14.9. The smallest absolute Gasteiger partial charge is 0.263 e. The maximum atomic E-state index is 12.3. The highest BCUT2D eigenvalue weighted by atomic mass is 16.1. The van der Waals surface area contributed by atoms with E-state index in [0.717, 1.165) is 5.56 Å². The molecular formula is C20H19N3O2. The van der Waals surface area contributed by atoms with Crippen molar-refractivity contribution in [3.8, 4) is 6.07 Å². The lowest BCUT2D eigenvalue weighted by atomic mass is 10.1. The first-order valence-corrected chi connectivity index (χ1v) is 7.85. The van der Waals surface area contributed by atoms with Crippen LogP contribution in [-0.2, 0) is 4.79 Å². The highest BCUT2D eigenvalue weighted by Gasteiger charge is 2.13. The molecule has 126 valence electrons. The first-order valence-electron chi connectivity index (χ1n) is 7.85. The van der Waals surface area contributed by atoms with Gasteiger partial charge < -0.3 is 10.6 Å². The minimum Gasteiger partial charge on any atom is -0.360 e. The van der Waals surface area contributed by atoms with Gasteiger partial charge in [0.2, 0.25) is 0 Å². The Morgan fingerprint density at radius 3 is 2.48 bits per heavy atom. The van der Waals surface area contributed by atoms with E-state index < -0.39 is 5.91 Å². The summed E-state index contributed by atoms with van der Waals surface area (Å²) in [4.78, 5) is 23.7. The van der Waals surface area contributed by atoms with Gasteiger partial charge >= 0.3 is 0 Å². The molecule has 0 fully saturated rings. The molecular weight excluding hydrogens is 314 g/mol. The molecule has 2 N–H and O–H groups in total. The number of nitriles is 1. The van der Waals surface area contributed by atoms with Gasteiger partial charge in [0, 0.05) is 17.5 Å². The van der Waals surface area contributed by atoms with Gasteiger partial charge in [0.25, 0.3) is 5.91 Å². The number of ketones is 1. The van der Waals surface area contributed by atoms with E-state index >= 15 is 0 Å². The quantitative estimate of drug-likeness (QED) is 0.481. The number of anilines is 1. The first kappa shape index (κ1) is 18.0. The minimum absolute atomic E-state index is 0.0454. The number of carbonyl (C=O) groups is 2. The van der Waals surface area contributed by atoms with Crippen LogP contribution >= 0.6 is 0 Å². The zero-order valence-corrected chi connectivity index (χ0v) is 14.1. The molecule has 1 unspecified atom stereocenters. The maximum absolute atomic E-state index is 12.3. The minimum atomic E-state index is -0.464. The molecule has 0 heterocycles. The molecule has 0 aliphatic heterocycles. The number of carbonyl (C=O) groups excluding carboxylic acids is 2. The lowest BCUT2D eigenvalue weighted by Crippen LogP contribution is -2.28. The van der Waals surface area contributed by atoms with Crippen LogP contribution in [0.1, 0.15) is 35.8 Å². The number of nitrogens with zero attached hydrogens (tertiary/aromatic N) is 1. The number of hydrogen-bond acceptors (Lipinski definition) is 4. The highest BCUT2D eigenvalue weighted by molar-refractivity contribution is 5.98. The molecule has 0 radical (unpaired) electrons. The van der Waals surface area contributed by atoms with Crippen LogP contribution < -0.4 is 10.6 Å². The second-order valence-electron chi connectivity index (χ2n) is 5.56. The van der Waals surface area contributed by atoms with Crippen molar-refractivity contribution in [2.45, 2.75) is 19.9 Å². The predicted molar refractivity (Wildman–Crippen MR) is 96.8 cm³/mol. The molecule has 0 bridgehead atoms. The number of nitrogens with one attached hydrogen (secondary N) is 2. The van der Waals surface area contributed by atoms with Gasteiger partial charge in [-0.2, -0.15) is 5.26 Å². The summed E-state index contributed by atoms with van der Waals surface area (Å²) in [5.74, 6) is -0.517. The van der Waals surface area contributed by atoms with Crippen molar-refractivity contribution in [3.63, 3.8) is 0 Å². The summed E-state index contributed by atoms with van der Waals surface area (Å²) in [7, 11) is 0. The fourth-order valence-corrected chi connectivity index (χ4v) is 2.23. The Hall–Kier alpha value is -3.39. The Balaban J connectivity index is 2.07. The summed E-state index contributed by atoms with van der Waals surface area (Å²) in [5.41, 5.74) is 2.09. The number of hydrogen-bond donors (Lipinski definition) is 2. The van der Waals surface area contributed by atoms with Crippen molar-refractivity contribution >= 4 is 17.4 Å². The Morgan fingerprint density at radius 1 is 1.12 bits per heavy atom. The molecule has 1 amide bonds. The topological polar surface area (TPSA) is 82.0 Å². The summed E-state index contributed by atoms with van der Waals surface area (Å²) >= 11 is 0. The van der Waals surface area contributed by atoms with Gasteiger partial charge in [-0.25, -0.2) is 0 Å². The van der Waals surface area contributed by atoms with E-state index in [4.69, 9.17) is 0 Å². The molecule has 0 spiro atoms. The zero-order valence-electron chi connectivity index (χ0n) is 14.1. The van der Waals surface area contributed by atoms with E-state index in [1.54, 1.807) is 24.3 Å². The summed E-state index contributed by atoms with van der Waals surface area (Å²) < 4.78 is 0. The Labute approximate surface area is 147 Å².